The lowest BCUT2D eigenvalue weighted by molar-refractivity contribution is 0.0957. The molecule has 3 aliphatic rings. The van der Waals surface area contributed by atoms with Crippen LogP contribution in [0.4, 0.5) is 0 Å². The molecule has 0 aromatic carbocycles. The molecule has 0 spiro atoms. The first-order valence-electron chi connectivity index (χ1n) is 15.0. The molecule has 0 radical (unpaired) electrons. The zero-order valence-corrected chi connectivity index (χ0v) is 22.2. The monoisotopic (exact) mass is 430 g/mol. The van der Waals surface area contributed by atoms with Gasteiger partial charge in [0.25, 0.3) is 0 Å². The van der Waals surface area contributed by atoms with Crippen LogP contribution < -0.4 is 0 Å². The van der Waals surface area contributed by atoms with Gasteiger partial charge >= 0.3 is 0 Å². The summed E-state index contributed by atoms with van der Waals surface area (Å²) >= 11 is 0. The fraction of sp³-hybridized carbons (Fsp3) is 1.00. The maximum Gasteiger partial charge on any atom is -0.0380 e. The topological polar surface area (TPSA) is 0 Å². The van der Waals surface area contributed by atoms with Crippen molar-refractivity contribution in [3.8, 4) is 0 Å². The van der Waals surface area contributed by atoms with Crippen molar-refractivity contribution in [1.82, 2.24) is 0 Å². The van der Waals surface area contributed by atoms with E-state index in [1.54, 1.807) is 25.7 Å². The summed E-state index contributed by atoms with van der Waals surface area (Å²) in [5.74, 6) is 9.12. The second kappa shape index (κ2) is 13.0. The van der Waals surface area contributed by atoms with E-state index in [0.29, 0.717) is 0 Å². The minimum atomic E-state index is 0.952. The minimum Gasteiger partial charge on any atom is -0.0651 e. The van der Waals surface area contributed by atoms with Crippen LogP contribution in [0.25, 0.3) is 0 Å². The van der Waals surface area contributed by atoms with Crippen LogP contribution >= 0.6 is 0 Å². The van der Waals surface area contributed by atoms with Gasteiger partial charge in [0, 0.05) is 0 Å². The fourth-order valence-corrected chi connectivity index (χ4v) is 8.21. The molecule has 182 valence electrons. The first kappa shape index (κ1) is 25.6. The van der Waals surface area contributed by atoms with Gasteiger partial charge in [-0.15, -0.1) is 0 Å². The smallest absolute Gasteiger partial charge is 0.0380 e. The van der Waals surface area contributed by atoms with Crippen LogP contribution in [0, 0.1) is 53.3 Å². The summed E-state index contributed by atoms with van der Waals surface area (Å²) in [6.45, 7) is 12.6. The normalized spacial score (nSPS) is 34.7. The molecule has 0 N–H and O–H groups in total. The Morgan fingerprint density at radius 1 is 0.516 bits per heavy atom. The lowest BCUT2D eigenvalue weighted by Gasteiger charge is -2.41. The highest BCUT2D eigenvalue weighted by molar-refractivity contribution is 4.86. The van der Waals surface area contributed by atoms with Crippen molar-refractivity contribution in [2.75, 3.05) is 0 Å². The molecule has 0 aliphatic heterocycles. The Hall–Kier alpha value is 0. The molecule has 3 aliphatic carbocycles. The van der Waals surface area contributed by atoms with Crippen molar-refractivity contribution in [1.29, 1.82) is 0 Å². The second-order valence-electron chi connectivity index (χ2n) is 12.9. The third kappa shape index (κ3) is 7.50. The van der Waals surface area contributed by atoms with E-state index in [0.717, 1.165) is 53.3 Å². The molecule has 3 saturated carbocycles. The van der Waals surface area contributed by atoms with Gasteiger partial charge in [-0.05, 0) is 105 Å². The Morgan fingerprint density at radius 2 is 1.03 bits per heavy atom. The Balaban J connectivity index is 1.63. The molecular formula is C31H58. The number of hydrogen-bond acceptors (Lipinski definition) is 0. The van der Waals surface area contributed by atoms with Crippen LogP contribution in [0.2, 0.25) is 0 Å². The predicted octanol–water partition coefficient (Wildman–Crippen LogP) is 10.3. The van der Waals surface area contributed by atoms with Gasteiger partial charge in [-0.3, -0.25) is 0 Å². The molecule has 0 aromatic heterocycles. The minimum absolute atomic E-state index is 0.952. The maximum absolute atomic E-state index is 2.65. The predicted molar refractivity (Wildman–Crippen MR) is 138 cm³/mol. The van der Waals surface area contributed by atoms with Crippen molar-refractivity contribution in [3.63, 3.8) is 0 Å². The highest BCUT2D eigenvalue weighted by Crippen LogP contribution is 2.46. The third-order valence-corrected chi connectivity index (χ3v) is 10.9. The van der Waals surface area contributed by atoms with Crippen molar-refractivity contribution in [3.05, 3.63) is 0 Å². The van der Waals surface area contributed by atoms with Crippen LogP contribution in [0.5, 0.6) is 0 Å². The molecule has 0 heterocycles. The summed E-state index contributed by atoms with van der Waals surface area (Å²) in [5.41, 5.74) is 0. The van der Waals surface area contributed by atoms with Crippen LogP contribution in [0.1, 0.15) is 144 Å². The summed E-state index contributed by atoms with van der Waals surface area (Å²) in [4.78, 5) is 0. The third-order valence-electron chi connectivity index (χ3n) is 10.9. The quantitative estimate of drug-likeness (QED) is 0.323. The molecule has 0 aromatic rings. The van der Waals surface area contributed by atoms with E-state index in [2.05, 4.69) is 34.6 Å². The van der Waals surface area contributed by atoms with Gasteiger partial charge in [0.1, 0.15) is 0 Å². The van der Waals surface area contributed by atoms with Gasteiger partial charge in [-0.2, -0.15) is 0 Å². The van der Waals surface area contributed by atoms with Gasteiger partial charge in [-0.1, -0.05) is 92.4 Å². The molecule has 0 heteroatoms. The number of hydrogen-bond donors (Lipinski definition) is 0. The van der Waals surface area contributed by atoms with Crippen molar-refractivity contribution in [2.45, 2.75) is 144 Å². The molecule has 4 unspecified atom stereocenters. The highest BCUT2D eigenvalue weighted by Gasteiger charge is 2.35. The van der Waals surface area contributed by atoms with Crippen LogP contribution in [0.3, 0.4) is 0 Å². The molecule has 3 fully saturated rings. The zero-order chi connectivity index (χ0) is 22.2. The molecule has 0 amide bonds. The van der Waals surface area contributed by atoms with Gasteiger partial charge in [0.2, 0.25) is 0 Å². The van der Waals surface area contributed by atoms with E-state index in [-0.39, 0.29) is 0 Å². The lowest BCUT2D eigenvalue weighted by atomic mass is 9.64. The Morgan fingerprint density at radius 3 is 1.61 bits per heavy atom. The fourth-order valence-electron chi connectivity index (χ4n) is 8.21. The zero-order valence-electron chi connectivity index (χ0n) is 22.2. The Kier molecular flexibility index (Phi) is 10.8. The summed E-state index contributed by atoms with van der Waals surface area (Å²) in [7, 11) is 0. The van der Waals surface area contributed by atoms with Gasteiger partial charge < -0.3 is 0 Å². The Bertz CT molecular complexity index is 458. The summed E-state index contributed by atoms with van der Waals surface area (Å²) in [5, 5.41) is 0. The molecular weight excluding hydrogens is 372 g/mol. The molecule has 0 bridgehead atoms. The van der Waals surface area contributed by atoms with Gasteiger partial charge in [0.15, 0.2) is 0 Å². The summed E-state index contributed by atoms with van der Waals surface area (Å²) < 4.78 is 0. The van der Waals surface area contributed by atoms with Crippen molar-refractivity contribution in [2.24, 2.45) is 53.3 Å². The van der Waals surface area contributed by atoms with E-state index in [9.17, 15) is 0 Å². The van der Waals surface area contributed by atoms with Gasteiger partial charge in [0.05, 0.1) is 0 Å². The summed E-state index contributed by atoms with van der Waals surface area (Å²) in [6.07, 6.45) is 25.8. The van der Waals surface area contributed by atoms with E-state index in [1.165, 1.54) is 83.5 Å². The van der Waals surface area contributed by atoms with Crippen LogP contribution in [-0.2, 0) is 0 Å². The van der Waals surface area contributed by atoms with Crippen LogP contribution in [0.15, 0.2) is 0 Å². The first-order chi connectivity index (χ1) is 15.0. The number of rotatable bonds is 10. The molecule has 0 nitrogen and oxygen atoms in total. The molecule has 0 saturated heterocycles. The molecule has 31 heavy (non-hydrogen) atoms. The Labute approximate surface area is 197 Å². The maximum atomic E-state index is 2.65. The van der Waals surface area contributed by atoms with Crippen molar-refractivity contribution < 1.29 is 0 Å². The molecule has 4 atom stereocenters. The second-order valence-corrected chi connectivity index (χ2v) is 12.9. The SMILES string of the molecule is CCC(C)C1CCC(C(CC(C)C2CCCCC2)CC(CC)C2CCC(C)CC2)CC1. The average Bonchev–Trinajstić information content (AvgIpc) is 2.82. The molecule has 3 rings (SSSR count). The highest BCUT2D eigenvalue weighted by atomic mass is 14.4. The van der Waals surface area contributed by atoms with E-state index in [1.807, 2.05) is 0 Å². The van der Waals surface area contributed by atoms with E-state index < -0.39 is 0 Å². The largest absolute Gasteiger partial charge is 0.0651 e. The lowest BCUT2D eigenvalue weighted by Crippen LogP contribution is -2.31. The standard InChI is InChI=1S/C31H58/c1-6-24(4)28-17-19-30(20-18-28)31(21-25(5)27-11-9-8-10-12-27)22-26(7-2)29-15-13-23(3)14-16-29/h23-31H,6-22H2,1-5H3. The van der Waals surface area contributed by atoms with Crippen LogP contribution in [-0.4, -0.2) is 0 Å². The summed E-state index contributed by atoms with van der Waals surface area (Å²) in [6, 6.07) is 0. The first-order valence-corrected chi connectivity index (χ1v) is 15.0. The van der Waals surface area contributed by atoms with Crippen molar-refractivity contribution >= 4 is 0 Å². The van der Waals surface area contributed by atoms with E-state index in [4.69, 9.17) is 0 Å². The van der Waals surface area contributed by atoms with Gasteiger partial charge in [-0.25, -0.2) is 0 Å². The van der Waals surface area contributed by atoms with E-state index >= 15 is 0 Å². The average molecular weight is 431 g/mol.